The first-order chi connectivity index (χ1) is 10.3. The van der Waals surface area contributed by atoms with Gasteiger partial charge in [0.15, 0.2) is 0 Å². The molecular formula is C17H16BrClO3. The number of halogens is 2. The van der Waals surface area contributed by atoms with Gasteiger partial charge >= 0.3 is 5.97 Å². The Labute approximate surface area is 143 Å². The van der Waals surface area contributed by atoms with Crippen LogP contribution in [0, 0.1) is 0 Å². The van der Waals surface area contributed by atoms with Gasteiger partial charge in [-0.3, -0.25) is 0 Å². The Balaban J connectivity index is 2.55. The summed E-state index contributed by atoms with van der Waals surface area (Å²) in [6.45, 7) is 3.48. The normalized spacial score (nSPS) is 13.7. The van der Waals surface area contributed by atoms with Crippen LogP contribution < -0.4 is 0 Å². The van der Waals surface area contributed by atoms with Gasteiger partial charge in [-0.25, -0.2) is 4.79 Å². The highest BCUT2D eigenvalue weighted by Gasteiger charge is 2.42. The maximum atomic E-state index is 12.5. The quantitative estimate of drug-likeness (QED) is 0.801. The van der Waals surface area contributed by atoms with E-state index in [1.807, 2.05) is 0 Å². The van der Waals surface area contributed by atoms with Crippen molar-refractivity contribution in [2.24, 2.45) is 0 Å². The summed E-state index contributed by atoms with van der Waals surface area (Å²) in [6.07, 6.45) is -0.332. The second-order valence-electron chi connectivity index (χ2n) is 5.18. The first-order valence-electron chi connectivity index (χ1n) is 6.79. The van der Waals surface area contributed by atoms with Crippen molar-refractivity contribution in [2.75, 3.05) is 0 Å². The minimum Gasteiger partial charge on any atom is -0.460 e. The van der Waals surface area contributed by atoms with Gasteiger partial charge in [-0.05, 0) is 49.2 Å². The van der Waals surface area contributed by atoms with Gasteiger partial charge in [-0.2, -0.15) is 0 Å². The minimum atomic E-state index is -1.88. The first-order valence-corrected chi connectivity index (χ1v) is 7.96. The number of hydrogen-bond acceptors (Lipinski definition) is 3. The molecular weight excluding hydrogens is 368 g/mol. The molecule has 0 fully saturated rings. The third-order valence-electron chi connectivity index (χ3n) is 3.16. The molecule has 22 heavy (non-hydrogen) atoms. The summed E-state index contributed by atoms with van der Waals surface area (Å²) in [5.41, 5.74) is -1.04. The van der Waals surface area contributed by atoms with Gasteiger partial charge in [0, 0.05) is 9.50 Å². The molecule has 2 rings (SSSR count). The molecule has 0 amide bonds. The van der Waals surface area contributed by atoms with E-state index in [-0.39, 0.29) is 6.10 Å². The van der Waals surface area contributed by atoms with Gasteiger partial charge in [0.25, 0.3) is 0 Å². The molecule has 2 aromatic rings. The summed E-state index contributed by atoms with van der Waals surface area (Å²) >= 11 is 9.23. The third kappa shape index (κ3) is 3.51. The fraction of sp³-hybridized carbons (Fsp3) is 0.235. The molecule has 116 valence electrons. The highest BCUT2D eigenvalue weighted by molar-refractivity contribution is 9.10. The highest BCUT2D eigenvalue weighted by atomic mass is 79.9. The van der Waals surface area contributed by atoms with E-state index >= 15 is 0 Å². The summed E-state index contributed by atoms with van der Waals surface area (Å²) in [7, 11) is 0. The second-order valence-corrected chi connectivity index (χ2v) is 6.53. The van der Waals surface area contributed by atoms with Gasteiger partial charge in [-0.15, -0.1) is 0 Å². The van der Waals surface area contributed by atoms with Crippen molar-refractivity contribution in [3.63, 3.8) is 0 Å². The lowest BCUT2D eigenvalue weighted by Crippen LogP contribution is -2.39. The van der Waals surface area contributed by atoms with Gasteiger partial charge < -0.3 is 9.84 Å². The lowest BCUT2D eigenvalue weighted by Gasteiger charge is -2.28. The molecule has 0 aliphatic carbocycles. The van der Waals surface area contributed by atoms with Gasteiger partial charge in [0.2, 0.25) is 5.60 Å². The zero-order valence-corrected chi connectivity index (χ0v) is 14.6. The summed E-state index contributed by atoms with van der Waals surface area (Å²) in [6, 6.07) is 13.4. The predicted octanol–water partition coefficient (Wildman–Crippen LogP) is 4.29. The van der Waals surface area contributed by atoms with Crippen molar-refractivity contribution in [1.29, 1.82) is 0 Å². The van der Waals surface area contributed by atoms with E-state index in [0.717, 1.165) is 4.47 Å². The van der Waals surface area contributed by atoms with Crippen LogP contribution in [0.5, 0.6) is 0 Å². The predicted molar refractivity (Wildman–Crippen MR) is 89.8 cm³/mol. The van der Waals surface area contributed by atoms with Crippen molar-refractivity contribution in [2.45, 2.75) is 25.6 Å². The minimum absolute atomic E-state index is 0.332. The second kappa shape index (κ2) is 6.82. The molecule has 2 aromatic carbocycles. The zero-order chi connectivity index (χ0) is 16.3. The van der Waals surface area contributed by atoms with E-state index in [1.54, 1.807) is 62.4 Å². The summed E-state index contributed by atoms with van der Waals surface area (Å²) in [4.78, 5) is 12.5. The average Bonchev–Trinajstić information content (AvgIpc) is 2.47. The maximum absolute atomic E-state index is 12.5. The molecule has 1 unspecified atom stereocenters. The van der Waals surface area contributed by atoms with Crippen molar-refractivity contribution in [1.82, 2.24) is 0 Å². The smallest absolute Gasteiger partial charge is 0.347 e. The molecule has 0 aliphatic rings. The standard InChI is InChI=1S/C17H16BrClO3/c1-11(2)22-16(20)17(21,12-3-7-14(18)8-4-12)13-5-9-15(19)10-6-13/h3-11,21H,1-2H3. The van der Waals surface area contributed by atoms with Crippen molar-refractivity contribution in [3.8, 4) is 0 Å². The molecule has 0 saturated carbocycles. The van der Waals surface area contributed by atoms with E-state index in [0.29, 0.717) is 16.1 Å². The Bertz CT molecular complexity index is 605. The molecule has 1 atom stereocenters. The molecule has 3 nitrogen and oxygen atoms in total. The van der Waals surface area contributed by atoms with Crippen LogP contribution in [-0.2, 0) is 15.1 Å². The lowest BCUT2D eigenvalue weighted by atomic mass is 9.86. The van der Waals surface area contributed by atoms with E-state index in [9.17, 15) is 9.90 Å². The zero-order valence-electron chi connectivity index (χ0n) is 12.2. The highest BCUT2D eigenvalue weighted by Crippen LogP contribution is 2.33. The van der Waals surface area contributed by atoms with Crippen LogP contribution in [0.4, 0.5) is 0 Å². The Morgan fingerprint density at radius 2 is 1.55 bits per heavy atom. The lowest BCUT2D eigenvalue weighted by molar-refractivity contribution is -0.166. The molecule has 0 radical (unpaired) electrons. The molecule has 0 aromatic heterocycles. The van der Waals surface area contributed by atoms with Crippen LogP contribution in [-0.4, -0.2) is 17.2 Å². The number of esters is 1. The number of benzene rings is 2. The largest absolute Gasteiger partial charge is 0.460 e. The monoisotopic (exact) mass is 382 g/mol. The molecule has 5 heteroatoms. The molecule has 0 saturated heterocycles. The number of hydrogen-bond donors (Lipinski definition) is 1. The van der Waals surface area contributed by atoms with Gasteiger partial charge in [0.05, 0.1) is 6.10 Å². The topological polar surface area (TPSA) is 46.5 Å². The van der Waals surface area contributed by atoms with Gasteiger partial charge in [0.1, 0.15) is 0 Å². The number of ether oxygens (including phenoxy) is 1. The van der Waals surface area contributed by atoms with Crippen LogP contribution in [0.2, 0.25) is 5.02 Å². The molecule has 0 spiro atoms. The van der Waals surface area contributed by atoms with Crippen LogP contribution >= 0.6 is 27.5 Å². The number of carbonyl (C=O) groups excluding carboxylic acids is 1. The van der Waals surface area contributed by atoms with E-state index in [4.69, 9.17) is 16.3 Å². The molecule has 1 N–H and O–H groups in total. The number of aliphatic hydroxyl groups is 1. The molecule has 0 heterocycles. The summed E-state index contributed by atoms with van der Waals surface area (Å²) in [5.74, 6) is -0.716. The Hall–Kier alpha value is -1.36. The van der Waals surface area contributed by atoms with Crippen LogP contribution in [0.15, 0.2) is 53.0 Å². The molecule has 0 aliphatic heterocycles. The van der Waals surface area contributed by atoms with Crippen LogP contribution in [0.25, 0.3) is 0 Å². The van der Waals surface area contributed by atoms with Crippen LogP contribution in [0.3, 0.4) is 0 Å². The fourth-order valence-corrected chi connectivity index (χ4v) is 2.47. The number of rotatable bonds is 4. The number of carbonyl (C=O) groups is 1. The SMILES string of the molecule is CC(C)OC(=O)C(O)(c1ccc(Cl)cc1)c1ccc(Br)cc1. The Morgan fingerprint density at radius 3 is 2.00 bits per heavy atom. The van der Waals surface area contributed by atoms with E-state index < -0.39 is 11.6 Å². The Morgan fingerprint density at radius 1 is 1.09 bits per heavy atom. The van der Waals surface area contributed by atoms with Crippen molar-refractivity contribution >= 4 is 33.5 Å². The Kier molecular flexibility index (Phi) is 5.27. The van der Waals surface area contributed by atoms with E-state index in [2.05, 4.69) is 15.9 Å². The van der Waals surface area contributed by atoms with Crippen molar-refractivity contribution < 1.29 is 14.6 Å². The van der Waals surface area contributed by atoms with Gasteiger partial charge in [-0.1, -0.05) is 51.8 Å². The summed E-state index contributed by atoms with van der Waals surface area (Å²) < 4.78 is 6.10. The molecule has 0 bridgehead atoms. The summed E-state index contributed by atoms with van der Waals surface area (Å²) in [5, 5.41) is 11.6. The average molecular weight is 384 g/mol. The fourth-order valence-electron chi connectivity index (χ4n) is 2.08. The maximum Gasteiger partial charge on any atom is 0.347 e. The van der Waals surface area contributed by atoms with Crippen molar-refractivity contribution in [3.05, 3.63) is 69.2 Å². The first kappa shape index (κ1) is 17.0. The van der Waals surface area contributed by atoms with Crippen LogP contribution in [0.1, 0.15) is 25.0 Å². The third-order valence-corrected chi connectivity index (χ3v) is 3.94. The van der Waals surface area contributed by atoms with E-state index in [1.165, 1.54) is 0 Å².